The summed E-state index contributed by atoms with van der Waals surface area (Å²) in [6.45, 7) is 6.89. The molecule has 0 aliphatic carbocycles. The lowest BCUT2D eigenvalue weighted by atomic mass is 9.77. The topological polar surface area (TPSA) is 48.5 Å². The van der Waals surface area contributed by atoms with Gasteiger partial charge in [0, 0.05) is 25.2 Å². The van der Waals surface area contributed by atoms with Crippen molar-refractivity contribution in [3.63, 3.8) is 0 Å². The molecular weight excluding hydrogens is 274 g/mol. The molecule has 2 heterocycles. The van der Waals surface area contributed by atoms with Crippen molar-refractivity contribution >= 4 is 0 Å². The van der Waals surface area contributed by atoms with Gasteiger partial charge in [-0.3, -0.25) is 9.36 Å². The Balaban J connectivity index is 2.29. The van der Waals surface area contributed by atoms with E-state index in [0.717, 1.165) is 5.69 Å². The molecule has 2 rings (SSSR count). The Hall–Kier alpha value is -1.65. The SMILES string of the molecule is CCCCCC(C)(CCC)c1cc(-c2ncn(C)n2)nn1C. The first-order chi connectivity index (χ1) is 10.5. The standard InChI is InChI=1S/C17H29N5/c1-6-8-9-11-17(3,10-7-2)15-12-14(19-22(15)5)16-18-13-21(4)20-16/h12-13H,6-11H2,1-5H3. The van der Waals surface area contributed by atoms with E-state index in [2.05, 4.69) is 42.0 Å². The Bertz CT molecular complexity index is 598. The molecular formula is C17H29N5. The van der Waals surface area contributed by atoms with Gasteiger partial charge in [0.1, 0.15) is 12.0 Å². The third-order valence-electron chi connectivity index (χ3n) is 4.46. The fourth-order valence-electron chi connectivity index (χ4n) is 3.30. The highest BCUT2D eigenvalue weighted by atomic mass is 15.3. The number of hydrogen-bond acceptors (Lipinski definition) is 3. The molecule has 2 aromatic heterocycles. The van der Waals surface area contributed by atoms with E-state index >= 15 is 0 Å². The van der Waals surface area contributed by atoms with E-state index in [0.29, 0.717) is 5.82 Å². The van der Waals surface area contributed by atoms with Crippen molar-refractivity contribution in [3.8, 4) is 11.5 Å². The number of rotatable bonds is 8. The lowest BCUT2D eigenvalue weighted by molar-refractivity contribution is 0.355. The van der Waals surface area contributed by atoms with E-state index < -0.39 is 0 Å². The highest BCUT2D eigenvalue weighted by Gasteiger charge is 2.29. The van der Waals surface area contributed by atoms with Crippen LogP contribution in [-0.4, -0.2) is 24.5 Å². The molecule has 0 aromatic carbocycles. The van der Waals surface area contributed by atoms with Crippen LogP contribution in [0.15, 0.2) is 12.4 Å². The van der Waals surface area contributed by atoms with Crippen LogP contribution in [0.25, 0.3) is 11.5 Å². The first kappa shape index (κ1) is 16.7. The predicted octanol–water partition coefficient (Wildman–Crippen LogP) is 3.85. The minimum atomic E-state index is 0.179. The van der Waals surface area contributed by atoms with E-state index in [1.54, 1.807) is 11.0 Å². The van der Waals surface area contributed by atoms with Crippen molar-refractivity contribution in [3.05, 3.63) is 18.1 Å². The summed E-state index contributed by atoms with van der Waals surface area (Å²) in [5.74, 6) is 0.705. The van der Waals surface area contributed by atoms with Gasteiger partial charge >= 0.3 is 0 Å². The number of unbranched alkanes of at least 4 members (excludes halogenated alkanes) is 2. The summed E-state index contributed by atoms with van der Waals surface area (Å²) in [6.07, 6.45) is 9.13. The van der Waals surface area contributed by atoms with Crippen molar-refractivity contribution in [1.29, 1.82) is 0 Å². The highest BCUT2D eigenvalue weighted by molar-refractivity contribution is 5.49. The lowest BCUT2D eigenvalue weighted by Crippen LogP contribution is -2.25. The van der Waals surface area contributed by atoms with E-state index in [9.17, 15) is 0 Å². The van der Waals surface area contributed by atoms with Crippen LogP contribution in [0, 0.1) is 0 Å². The molecule has 0 amide bonds. The average molecular weight is 303 g/mol. The molecule has 0 spiro atoms. The normalized spacial score (nSPS) is 14.2. The van der Waals surface area contributed by atoms with Gasteiger partial charge in [0.2, 0.25) is 5.82 Å². The van der Waals surface area contributed by atoms with Gasteiger partial charge in [-0.25, -0.2) is 4.98 Å². The van der Waals surface area contributed by atoms with Crippen LogP contribution < -0.4 is 0 Å². The molecule has 0 N–H and O–H groups in total. The zero-order valence-corrected chi connectivity index (χ0v) is 14.6. The molecule has 5 heteroatoms. The van der Waals surface area contributed by atoms with Crippen LogP contribution >= 0.6 is 0 Å². The Morgan fingerprint density at radius 1 is 1.05 bits per heavy atom. The molecule has 22 heavy (non-hydrogen) atoms. The monoisotopic (exact) mass is 303 g/mol. The summed E-state index contributed by atoms with van der Waals surface area (Å²) in [5.41, 5.74) is 2.35. The van der Waals surface area contributed by atoms with Gasteiger partial charge in [-0.05, 0) is 18.9 Å². The lowest BCUT2D eigenvalue weighted by Gasteiger charge is -2.29. The minimum absolute atomic E-state index is 0.179. The molecule has 2 aromatic rings. The Labute approximate surface area is 133 Å². The third kappa shape index (κ3) is 3.57. The summed E-state index contributed by atoms with van der Waals surface area (Å²) in [5, 5.41) is 9.02. The third-order valence-corrected chi connectivity index (χ3v) is 4.46. The molecule has 122 valence electrons. The van der Waals surface area contributed by atoms with Crippen molar-refractivity contribution in [2.45, 2.75) is 64.7 Å². The van der Waals surface area contributed by atoms with E-state index in [1.165, 1.54) is 44.2 Å². The summed E-state index contributed by atoms with van der Waals surface area (Å²) >= 11 is 0. The maximum Gasteiger partial charge on any atom is 0.201 e. The summed E-state index contributed by atoms with van der Waals surface area (Å²) in [6, 6.07) is 2.18. The largest absolute Gasteiger partial charge is 0.271 e. The van der Waals surface area contributed by atoms with Crippen LogP contribution in [0.5, 0.6) is 0 Å². The van der Waals surface area contributed by atoms with Crippen LogP contribution in [0.1, 0.15) is 65.0 Å². The summed E-state index contributed by atoms with van der Waals surface area (Å²) < 4.78 is 3.74. The first-order valence-corrected chi connectivity index (χ1v) is 8.40. The van der Waals surface area contributed by atoms with Gasteiger partial charge in [0.05, 0.1) is 0 Å². The first-order valence-electron chi connectivity index (χ1n) is 8.40. The quantitative estimate of drug-likeness (QED) is 0.696. The van der Waals surface area contributed by atoms with Crippen molar-refractivity contribution < 1.29 is 0 Å². The van der Waals surface area contributed by atoms with Gasteiger partial charge in [-0.2, -0.15) is 5.10 Å². The van der Waals surface area contributed by atoms with E-state index in [1.807, 2.05) is 18.8 Å². The van der Waals surface area contributed by atoms with Crippen LogP contribution in [-0.2, 0) is 19.5 Å². The minimum Gasteiger partial charge on any atom is -0.271 e. The number of aromatic nitrogens is 5. The zero-order chi connectivity index (χ0) is 16.2. The van der Waals surface area contributed by atoms with Crippen LogP contribution in [0.2, 0.25) is 0 Å². The van der Waals surface area contributed by atoms with Gasteiger partial charge < -0.3 is 0 Å². The summed E-state index contributed by atoms with van der Waals surface area (Å²) in [4.78, 5) is 4.32. The second kappa shape index (κ2) is 7.07. The molecule has 1 atom stereocenters. The van der Waals surface area contributed by atoms with E-state index in [-0.39, 0.29) is 5.41 Å². The van der Waals surface area contributed by atoms with Gasteiger partial charge in [-0.15, -0.1) is 5.10 Å². The zero-order valence-electron chi connectivity index (χ0n) is 14.6. The predicted molar refractivity (Wildman–Crippen MR) is 89.6 cm³/mol. The van der Waals surface area contributed by atoms with Crippen molar-refractivity contribution in [1.82, 2.24) is 24.5 Å². The Morgan fingerprint density at radius 2 is 1.82 bits per heavy atom. The molecule has 0 radical (unpaired) electrons. The van der Waals surface area contributed by atoms with Gasteiger partial charge in [-0.1, -0.05) is 46.5 Å². The van der Waals surface area contributed by atoms with Crippen molar-refractivity contribution in [2.24, 2.45) is 14.1 Å². The average Bonchev–Trinajstić information content (AvgIpc) is 3.06. The maximum atomic E-state index is 4.65. The Kier molecular flexibility index (Phi) is 5.37. The second-order valence-electron chi connectivity index (χ2n) is 6.55. The molecule has 0 saturated carbocycles. The van der Waals surface area contributed by atoms with Gasteiger partial charge in [0.25, 0.3) is 0 Å². The molecule has 0 fully saturated rings. The maximum absolute atomic E-state index is 4.65. The van der Waals surface area contributed by atoms with Crippen molar-refractivity contribution in [2.75, 3.05) is 0 Å². The molecule has 1 unspecified atom stereocenters. The Morgan fingerprint density at radius 3 is 2.41 bits per heavy atom. The molecule has 0 aliphatic rings. The fraction of sp³-hybridized carbons (Fsp3) is 0.706. The molecule has 5 nitrogen and oxygen atoms in total. The number of nitrogens with zero attached hydrogens (tertiary/aromatic N) is 5. The van der Waals surface area contributed by atoms with Crippen LogP contribution in [0.3, 0.4) is 0 Å². The fourth-order valence-corrected chi connectivity index (χ4v) is 3.30. The highest BCUT2D eigenvalue weighted by Crippen LogP contribution is 2.35. The number of hydrogen-bond donors (Lipinski definition) is 0. The van der Waals surface area contributed by atoms with Gasteiger partial charge in [0.15, 0.2) is 0 Å². The molecule has 0 aliphatic heterocycles. The molecule has 0 saturated heterocycles. The smallest absolute Gasteiger partial charge is 0.201 e. The van der Waals surface area contributed by atoms with Crippen LogP contribution in [0.4, 0.5) is 0 Å². The molecule has 0 bridgehead atoms. The number of aryl methyl sites for hydroxylation is 2. The summed E-state index contributed by atoms with van der Waals surface area (Å²) in [7, 11) is 3.92. The second-order valence-corrected chi connectivity index (χ2v) is 6.55. The van der Waals surface area contributed by atoms with E-state index in [4.69, 9.17) is 0 Å².